The number of nitrogens with zero attached hydrogens (tertiary/aromatic N) is 1. The molecule has 0 aliphatic heterocycles. The molecule has 2 heterocycles. The summed E-state index contributed by atoms with van der Waals surface area (Å²) in [5.41, 5.74) is 1.04. The Morgan fingerprint density at radius 2 is 2.15 bits per heavy atom. The molecule has 1 amide bonds. The van der Waals surface area contributed by atoms with E-state index in [9.17, 15) is 9.59 Å². The molecular weight excluding hydrogens is 366 g/mol. The second-order valence-corrected chi connectivity index (χ2v) is 9.41. The van der Waals surface area contributed by atoms with Crippen LogP contribution in [0.25, 0.3) is 10.2 Å². The van der Waals surface area contributed by atoms with Gasteiger partial charge in [0.2, 0.25) is 5.91 Å². The summed E-state index contributed by atoms with van der Waals surface area (Å²) in [5, 5.41) is 4.32. The van der Waals surface area contributed by atoms with E-state index in [2.05, 4.69) is 36.1 Å². The molecule has 0 bridgehead atoms. The minimum Gasteiger partial charge on any atom is -0.353 e. The molecule has 26 heavy (non-hydrogen) atoms. The standard InChI is InChI=1S/C19H27N3O2S2/c1-4-11(2)9-14-12(3)26-18-16(14)17(24)21-19(22-18)25-10-15(23)20-13-7-5-6-8-13/h11,13H,4-10H2,1-3H3,(H,20,23)(H,21,22,24). The van der Waals surface area contributed by atoms with Gasteiger partial charge in [-0.1, -0.05) is 44.9 Å². The van der Waals surface area contributed by atoms with Gasteiger partial charge in [-0.25, -0.2) is 4.98 Å². The normalized spacial score (nSPS) is 16.3. The predicted molar refractivity (Wildman–Crippen MR) is 109 cm³/mol. The summed E-state index contributed by atoms with van der Waals surface area (Å²) in [6.45, 7) is 6.44. The maximum absolute atomic E-state index is 12.6. The zero-order chi connectivity index (χ0) is 18.7. The number of amides is 1. The number of carbonyl (C=O) groups is 1. The van der Waals surface area contributed by atoms with Crippen molar-refractivity contribution in [2.24, 2.45) is 5.92 Å². The number of aryl methyl sites for hydroxylation is 1. The van der Waals surface area contributed by atoms with Crippen molar-refractivity contribution in [3.05, 3.63) is 20.8 Å². The summed E-state index contributed by atoms with van der Waals surface area (Å²) in [7, 11) is 0. The van der Waals surface area contributed by atoms with Gasteiger partial charge in [0.1, 0.15) is 4.83 Å². The first-order valence-electron chi connectivity index (χ1n) is 9.42. The van der Waals surface area contributed by atoms with Crippen LogP contribution >= 0.6 is 23.1 Å². The molecule has 1 aliphatic rings. The summed E-state index contributed by atoms with van der Waals surface area (Å²) in [6.07, 6.45) is 6.53. The molecule has 2 aromatic heterocycles. The molecule has 0 spiro atoms. The Bertz CT molecular complexity index is 837. The van der Waals surface area contributed by atoms with Crippen LogP contribution in [0.4, 0.5) is 0 Å². The van der Waals surface area contributed by atoms with E-state index >= 15 is 0 Å². The SMILES string of the molecule is CCC(C)Cc1c(C)sc2nc(SCC(=O)NC3CCCC3)[nH]c(=O)c12. The van der Waals surface area contributed by atoms with E-state index in [4.69, 9.17) is 0 Å². The highest BCUT2D eigenvalue weighted by Crippen LogP contribution is 2.30. The fraction of sp³-hybridized carbons (Fsp3) is 0.632. The molecular formula is C19H27N3O2S2. The average molecular weight is 394 g/mol. The van der Waals surface area contributed by atoms with Crippen molar-refractivity contribution in [1.29, 1.82) is 0 Å². The third-order valence-electron chi connectivity index (χ3n) is 5.15. The zero-order valence-electron chi connectivity index (χ0n) is 15.7. The van der Waals surface area contributed by atoms with Crippen LogP contribution in [0.2, 0.25) is 0 Å². The van der Waals surface area contributed by atoms with Gasteiger partial charge in [0.05, 0.1) is 11.1 Å². The van der Waals surface area contributed by atoms with Gasteiger partial charge in [0.25, 0.3) is 5.56 Å². The Hall–Kier alpha value is -1.34. The van der Waals surface area contributed by atoms with Crippen LogP contribution in [-0.4, -0.2) is 27.7 Å². The van der Waals surface area contributed by atoms with Crippen LogP contribution in [0.1, 0.15) is 56.4 Å². The molecule has 1 unspecified atom stereocenters. The van der Waals surface area contributed by atoms with Gasteiger partial charge in [-0.3, -0.25) is 9.59 Å². The van der Waals surface area contributed by atoms with Crippen molar-refractivity contribution in [3.63, 3.8) is 0 Å². The number of nitrogens with one attached hydrogen (secondary N) is 2. The number of aromatic amines is 1. The highest BCUT2D eigenvalue weighted by molar-refractivity contribution is 7.99. The molecule has 142 valence electrons. The van der Waals surface area contributed by atoms with Crippen LogP contribution in [0.15, 0.2) is 9.95 Å². The topological polar surface area (TPSA) is 74.8 Å². The lowest BCUT2D eigenvalue weighted by Gasteiger charge is -2.11. The second kappa shape index (κ2) is 8.57. The first kappa shape index (κ1) is 19.4. The quantitative estimate of drug-likeness (QED) is 0.550. The van der Waals surface area contributed by atoms with Crippen molar-refractivity contribution < 1.29 is 4.79 Å². The van der Waals surface area contributed by atoms with Gasteiger partial charge in [0, 0.05) is 10.9 Å². The monoisotopic (exact) mass is 393 g/mol. The fourth-order valence-corrected chi connectivity index (χ4v) is 5.22. The highest BCUT2D eigenvalue weighted by Gasteiger charge is 2.19. The molecule has 0 radical (unpaired) electrons. The van der Waals surface area contributed by atoms with E-state index in [0.717, 1.165) is 41.5 Å². The Labute approximate surface area is 162 Å². The van der Waals surface area contributed by atoms with Crippen LogP contribution in [0.3, 0.4) is 0 Å². The van der Waals surface area contributed by atoms with Gasteiger partial charge < -0.3 is 10.3 Å². The molecule has 1 aliphatic carbocycles. The molecule has 0 aromatic carbocycles. The number of hydrogen-bond donors (Lipinski definition) is 2. The van der Waals surface area contributed by atoms with Crippen molar-refractivity contribution >= 4 is 39.2 Å². The minimum absolute atomic E-state index is 0.0180. The van der Waals surface area contributed by atoms with Crippen LogP contribution in [-0.2, 0) is 11.2 Å². The Kier molecular flexibility index (Phi) is 6.40. The molecule has 5 nitrogen and oxygen atoms in total. The summed E-state index contributed by atoms with van der Waals surface area (Å²) < 4.78 is 0. The lowest BCUT2D eigenvalue weighted by Crippen LogP contribution is -2.33. The predicted octanol–water partition coefficient (Wildman–Crippen LogP) is 4.03. The largest absolute Gasteiger partial charge is 0.353 e. The first-order chi connectivity index (χ1) is 12.5. The number of fused-ring (bicyclic) bond motifs is 1. The van der Waals surface area contributed by atoms with Crippen LogP contribution in [0.5, 0.6) is 0 Å². The number of H-pyrrole nitrogens is 1. The molecule has 2 N–H and O–H groups in total. The smallest absolute Gasteiger partial charge is 0.260 e. The van der Waals surface area contributed by atoms with Gasteiger partial charge in [-0.05, 0) is 37.7 Å². The molecule has 1 atom stereocenters. The van der Waals surface area contributed by atoms with Gasteiger partial charge >= 0.3 is 0 Å². The van der Waals surface area contributed by atoms with Crippen LogP contribution < -0.4 is 10.9 Å². The Balaban J connectivity index is 1.72. The number of hydrogen-bond acceptors (Lipinski definition) is 5. The first-order valence-corrected chi connectivity index (χ1v) is 11.2. The lowest BCUT2D eigenvalue weighted by atomic mass is 9.98. The van der Waals surface area contributed by atoms with Gasteiger partial charge in [-0.15, -0.1) is 11.3 Å². The van der Waals surface area contributed by atoms with E-state index in [-0.39, 0.29) is 17.2 Å². The number of thiophene rings is 1. The number of aromatic nitrogens is 2. The minimum atomic E-state index is -0.0867. The zero-order valence-corrected chi connectivity index (χ0v) is 17.3. The molecule has 1 fully saturated rings. The van der Waals surface area contributed by atoms with Gasteiger partial charge in [0.15, 0.2) is 5.16 Å². The van der Waals surface area contributed by atoms with Gasteiger partial charge in [-0.2, -0.15) is 0 Å². The Morgan fingerprint density at radius 1 is 1.42 bits per heavy atom. The maximum Gasteiger partial charge on any atom is 0.260 e. The van der Waals surface area contributed by atoms with E-state index in [1.54, 1.807) is 11.3 Å². The van der Waals surface area contributed by atoms with E-state index in [0.29, 0.717) is 17.1 Å². The summed E-state index contributed by atoms with van der Waals surface area (Å²) >= 11 is 2.88. The summed E-state index contributed by atoms with van der Waals surface area (Å²) in [6, 6.07) is 0.320. The lowest BCUT2D eigenvalue weighted by molar-refractivity contribution is -0.119. The molecule has 1 saturated carbocycles. The van der Waals surface area contributed by atoms with Crippen molar-refractivity contribution in [2.45, 2.75) is 70.5 Å². The van der Waals surface area contributed by atoms with E-state index in [1.807, 2.05) is 0 Å². The van der Waals surface area contributed by atoms with Crippen molar-refractivity contribution in [2.75, 3.05) is 5.75 Å². The van der Waals surface area contributed by atoms with Crippen molar-refractivity contribution in [1.82, 2.24) is 15.3 Å². The number of thioether (sulfide) groups is 1. The summed E-state index contributed by atoms with van der Waals surface area (Å²) in [4.78, 5) is 34.1. The Morgan fingerprint density at radius 3 is 2.85 bits per heavy atom. The molecule has 7 heteroatoms. The highest BCUT2D eigenvalue weighted by atomic mass is 32.2. The summed E-state index contributed by atoms with van der Waals surface area (Å²) in [5.74, 6) is 0.846. The van der Waals surface area contributed by atoms with E-state index in [1.165, 1.54) is 29.5 Å². The number of carbonyl (C=O) groups excluding carboxylic acids is 1. The molecule has 0 saturated heterocycles. The number of rotatable bonds is 7. The third-order valence-corrected chi connectivity index (χ3v) is 7.07. The fourth-order valence-electron chi connectivity index (χ4n) is 3.44. The van der Waals surface area contributed by atoms with Crippen LogP contribution in [0, 0.1) is 12.8 Å². The van der Waals surface area contributed by atoms with Crippen molar-refractivity contribution in [3.8, 4) is 0 Å². The third kappa shape index (κ3) is 4.49. The molecule has 2 aromatic rings. The molecule has 3 rings (SSSR count). The van der Waals surface area contributed by atoms with E-state index < -0.39 is 0 Å². The second-order valence-electron chi connectivity index (χ2n) is 7.24. The average Bonchev–Trinajstić information content (AvgIpc) is 3.21. The maximum atomic E-state index is 12.6.